The molecule has 1 fully saturated rings. The zero-order valence-corrected chi connectivity index (χ0v) is 16.6. The van der Waals surface area contributed by atoms with Crippen LogP contribution < -0.4 is 0 Å². The summed E-state index contributed by atoms with van der Waals surface area (Å²) in [4.78, 5) is 15.7. The Morgan fingerprint density at radius 3 is 2.59 bits per heavy atom. The molecule has 1 aliphatic rings. The molecule has 1 saturated heterocycles. The topological polar surface area (TPSA) is 60.3 Å². The van der Waals surface area contributed by atoms with Gasteiger partial charge in [0.05, 0.1) is 6.54 Å². The SMILES string of the molecule is CC(=O)Sc1ncnn1C[C@]1(c2ccccc2Cl)O[C@@H]1c1ccccc1Cl. The molecule has 0 radical (unpaired) electrons. The van der Waals surface area contributed by atoms with E-state index in [-0.39, 0.29) is 11.2 Å². The fourth-order valence-electron chi connectivity index (χ4n) is 3.19. The summed E-state index contributed by atoms with van der Waals surface area (Å²) in [6, 6.07) is 15.1. The summed E-state index contributed by atoms with van der Waals surface area (Å²) in [6.45, 7) is 1.86. The number of hydrogen-bond acceptors (Lipinski definition) is 5. The molecule has 1 aromatic heterocycles. The summed E-state index contributed by atoms with van der Waals surface area (Å²) in [6.07, 6.45) is 1.16. The normalized spacial score (nSPS) is 21.2. The van der Waals surface area contributed by atoms with Gasteiger partial charge in [0.25, 0.3) is 0 Å². The number of aromatic nitrogens is 3. The highest BCUT2D eigenvalue weighted by Crippen LogP contribution is 2.60. The Balaban J connectivity index is 1.76. The number of nitrogens with zero attached hydrogens (tertiary/aromatic N) is 3. The molecule has 1 aliphatic heterocycles. The van der Waals surface area contributed by atoms with Crippen molar-refractivity contribution >= 4 is 40.1 Å². The fraction of sp³-hybridized carbons (Fsp3) is 0.211. The van der Waals surface area contributed by atoms with Gasteiger partial charge in [-0.25, -0.2) is 9.67 Å². The summed E-state index contributed by atoms with van der Waals surface area (Å²) in [5.41, 5.74) is 1.01. The fourth-order valence-corrected chi connectivity index (χ4v) is 4.29. The van der Waals surface area contributed by atoms with Crippen molar-refractivity contribution in [3.63, 3.8) is 0 Å². The summed E-state index contributed by atoms with van der Waals surface area (Å²) in [5.74, 6) is 0. The van der Waals surface area contributed by atoms with E-state index in [1.165, 1.54) is 13.3 Å². The van der Waals surface area contributed by atoms with Crippen LogP contribution in [0.2, 0.25) is 10.0 Å². The van der Waals surface area contributed by atoms with Gasteiger partial charge in [-0.15, -0.1) is 0 Å². The first kappa shape index (κ1) is 18.5. The van der Waals surface area contributed by atoms with Gasteiger partial charge in [0.15, 0.2) is 10.3 Å². The molecule has 2 atom stereocenters. The number of halogens is 2. The summed E-state index contributed by atoms with van der Waals surface area (Å²) >= 11 is 13.9. The lowest BCUT2D eigenvalue weighted by atomic mass is 9.91. The zero-order valence-electron chi connectivity index (χ0n) is 14.3. The lowest BCUT2D eigenvalue weighted by Crippen LogP contribution is -2.21. The predicted octanol–water partition coefficient (Wildman–Crippen LogP) is 4.89. The molecule has 8 heteroatoms. The Hall–Kier alpha value is -1.86. The van der Waals surface area contributed by atoms with Gasteiger partial charge in [0, 0.05) is 28.1 Å². The van der Waals surface area contributed by atoms with Gasteiger partial charge < -0.3 is 4.74 Å². The second-order valence-electron chi connectivity index (χ2n) is 6.18. The molecule has 0 spiro atoms. The largest absolute Gasteiger partial charge is 0.354 e. The first-order valence-electron chi connectivity index (χ1n) is 8.25. The minimum absolute atomic E-state index is 0.0598. The smallest absolute Gasteiger partial charge is 0.193 e. The molecule has 27 heavy (non-hydrogen) atoms. The van der Waals surface area contributed by atoms with Gasteiger partial charge >= 0.3 is 0 Å². The molecule has 0 unspecified atom stereocenters. The van der Waals surface area contributed by atoms with Crippen molar-refractivity contribution < 1.29 is 9.53 Å². The molecule has 2 aromatic carbocycles. The van der Waals surface area contributed by atoms with E-state index in [2.05, 4.69) is 10.1 Å². The van der Waals surface area contributed by atoms with Crippen LogP contribution in [0.25, 0.3) is 0 Å². The maximum absolute atomic E-state index is 11.5. The van der Waals surface area contributed by atoms with Gasteiger partial charge in [-0.2, -0.15) is 5.10 Å². The van der Waals surface area contributed by atoms with Crippen molar-refractivity contribution in [1.82, 2.24) is 14.8 Å². The summed E-state index contributed by atoms with van der Waals surface area (Å²) in [7, 11) is 0. The molecule has 2 heterocycles. The van der Waals surface area contributed by atoms with E-state index in [0.29, 0.717) is 21.7 Å². The van der Waals surface area contributed by atoms with Gasteiger partial charge in [-0.3, -0.25) is 4.79 Å². The highest BCUT2D eigenvalue weighted by atomic mass is 35.5. The molecular formula is C19H15Cl2N3O2S. The van der Waals surface area contributed by atoms with Gasteiger partial charge in [0.1, 0.15) is 18.0 Å². The van der Waals surface area contributed by atoms with Crippen LogP contribution in [0, 0.1) is 0 Å². The molecule has 4 rings (SSSR count). The molecular weight excluding hydrogens is 405 g/mol. The molecule has 3 aromatic rings. The second-order valence-corrected chi connectivity index (χ2v) is 8.14. The molecule has 0 bridgehead atoms. The Bertz CT molecular complexity index is 1010. The Morgan fingerprint density at radius 2 is 1.89 bits per heavy atom. The number of carbonyl (C=O) groups excluding carboxylic acids is 1. The highest BCUT2D eigenvalue weighted by Gasteiger charge is 2.60. The van der Waals surface area contributed by atoms with Gasteiger partial charge in [-0.05, 0) is 23.9 Å². The third-order valence-electron chi connectivity index (χ3n) is 4.41. The second kappa shape index (κ2) is 7.28. The van der Waals surface area contributed by atoms with Crippen molar-refractivity contribution in [2.75, 3.05) is 0 Å². The third kappa shape index (κ3) is 3.50. The summed E-state index contributed by atoms with van der Waals surface area (Å²) < 4.78 is 7.89. The molecule has 0 saturated carbocycles. The van der Waals surface area contributed by atoms with Crippen molar-refractivity contribution in [2.24, 2.45) is 0 Å². The average Bonchev–Trinajstić information content (AvgIpc) is 3.19. The van der Waals surface area contributed by atoms with E-state index in [1.807, 2.05) is 48.5 Å². The number of carbonyl (C=O) groups is 1. The lowest BCUT2D eigenvalue weighted by molar-refractivity contribution is -0.109. The van der Waals surface area contributed by atoms with Crippen LogP contribution in [-0.4, -0.2) is 19.9 Å². The first-order valence-corrected chi connectivity index (χ1v) is 9.82. The van der Waals surface area contributed by atoms with Crippen LogP contribution in [0.4, 0.5) is 0 Å². The van der Waals surface area contributed by atoms with Crippen LogP contribution in [0.5, 0.6) is 0 Å². The molecule has 138 valence electrons. The van der Waals surface area contributed by atoms with Crippen molar-refractivity contribution in [3.8, 4) is 0 Å². The zero-order chi connectivity index (χ0) is 19.0. The number of ether oxygens (including phenoxy) is 1. The van der Waals surface area contributed by atoms with E-state index in [1.54, 1.807) is 4.68 Å². The number of epoxide rings is 1. The van der Waals surface area contributed by atoms with Crippen molar-refractivity contribution in [3.05, 3.63) is 76.0 Å². The van der Waals surface area contributed by atoms with E-state index in [0.717, 1.165) is 22.9 Å². The van der Waals surface area contributed by atoms with Gasteiger partial charge in [-0.1, -0.05) is 59.6 Å². The van der Waals surface area contributed by atoms with E-state index < -0.39 is 5.60 Å². The predicted molar refractivity (Wildman–Crippen MR) is 105 cm³/mol. The van der Waals surface area contributed by atoms with Crippen molar-refractivity contribution in [1.29, 1.82) is 0 Å². The summed E-state index contributed by atoms with van der Waals surface area (Å²) in [5, 5.41) is 5.97. The van der Waals surface area contributed by atoms with Crippen molar-refractivity contribution in [2.45, 2.75) is 30.3 Å². The van der Waals surface area contributed by atoms with E-state index >= 15 is 0 Å². The minimum Gasteiger partial charge on any atom is -0.354 e. The van der Waals surface area contributed by atoms with Crippen LogP contribution in [-0.2, 0) is 21.7 Å². The molecule has 0 amide bonds. The van der Waals surface area contributed by atoms with Crippen LogP contribution in [0.3, 0.4) is 0 Å². The van der Waals surface area contributed by atoms with E-state index in [4.69, 9.17) is 27.9 Å². The third-order valence-corrected chi connectivity index (χ3v) is 5.87. The number of rotatable bonds is 5. The lowest BCUT2D eigenvalue weighted by Gasteiger charge is -2.16. The maximum Gasteiger partial charge on any atom is 0.193 e. The molecule has 0 N–H and O–H groups in total. The number of benzene rings is 2. The molecule has 5 nitrogen and oxygen atoms in total. The highest BCUT2D eigenvalue weighted by molar-refractivity contribution is 8.13. The Morgan fingerprint density at radius 1 is 1.19 bits per heavy atom. The molecule has 0 aliphatic carbocycles. The Labute approximate surface area is 170 Å². The quantitative estimate of drug-likeness (QED) is 0.435. The van der Waals surface area contributed by atoms with Crippen LogP contribution in [0.1, 0.15) is 24.2 Å². The number of hydrogen-bond donors (Lipinski definition) is 0. The monoisotopic (exact) mass is 419 g/mol. The number of thioether (sulfide) groups is 1. The van der Waals surface area contributed by atoms with Gasteiger partial charge in [0.2, 0.25) is 0 Å². The Kier molecular flexibility index (Phi) is 4.99. The maximum atomic E-state index is 11.5. The first-order chi connectivity index (χ1) is 13.0. The minimum atomic E-state index is -0.733. The van der Waals surface area contributed by atoms with E-state index in [9.17, 15) is 4.79 Å². The van der Waals surface area contributed by atoms with Crippen LogP contribution in [0.15, 0.2) is 60.0 Å². The average molecular weight is 420 g/mol. The standard InChI is InChI=1S/C19H15Cl2N3O2S/c1-12(25)27-18-22-11-23-24(18)10-19(14-7-3-5-9-16(14)21)17(26-19)13-6-2-4-8-15(13)20/h2-9,11,17H,10H2,1H3/t17-,19-/m1/s1. The van der Waals surface area contributed by atoms with Crippen LogP contribution >= 0.6 is 35.0 Å².